The topological polar surface area (TPSA) is 104 Å². The molecule has 2 aromatic rings. The molecule has 7 heteroatoms. The Labute approximate surface area is 107 Å². The third kappa shape index (κ3) is 2.65. The van der Waals surface area contributed by atoms with Gasteiger partial charge in [-0.3, -0.25) is 9.36 Å². The predicted octanol–water partition coefficient (Wildman–Crippen LogP) is 0.164. The maximum absolute atomic E-state index is 11.7. The largest absolute Gasteiger partial charge is 0.478 e. The van der Waals surface area contributed by atoms with Crippen molar-refractivity contribution in [3.05, 3.63) is 34.2 Å². The quantitative estimate of drug-likeness (QED) is 0.731. The van der Waals surface area contributed by atoms with Gasteiger partial charge >= 0.3 is 11.7 Å². The highest BCUT2D eigenvalue weighted by atomic mass is 16.4. The van der Waals surface area contributed by atoms with E-state index in [1.807, 2.05) is 0 Å². The maximum atomic E-state index is 11.7. The van der Waals surface area contributed by atoms with Crippen molar-refractivity contribution in [2.24, 2.45) is 0 Å². The summed E-state index contributed by atoms with van der Waals surface area (Å²) in [5.74, 6) is -1.21. The predicted molar refractivity (Wildman–Crippen MR) is 68.2 cm³/mol. The fraction of sp³-hybridized carbons (Fsp3) is 0.250. The van der Waals surface area contributed by atoms with Gasteiger partial charge in [0.2, 0.25) is 5.91 Å². The van der Waals surface area contributed by atoms with Gasteiger partial charge in [-0.2, -0.15) is 0 Å². The summed E-state index contributed by atoms with van der Waals surface area (Å²) in [4.78, 5) is 35.9. The molecule has 0 aliphatic carbocycles. The smallest absolute Gasteiger partial charge is 0.335 e. The van der Waals surface area contributed by atoms with Crippen LogP contribution in [0.1, 0.15) is 17.3 Å². The first-order valence-corrected chi connectivity index (χ1v) is 5.69. The number of carbonyl (C=O) groups is 2. The first-order valence-electron chi connectivity index (χ1n) is 5.69. The number of fused-ring (bicyclic) bond motifs is 1. The van der Waals surface area contributed by atoms with Crippen LogP contribution >= 0.6 is 0 Å². The number of imidazole rings is 1. The van der Waals surface area contributed by atoms with E-state index in [1.54, 1.807) is 6.07 Å². The van der Waals surface area contributed by atoms with Crippen LogP contribution in [0.25, 0.3) is 11.0 Å². The summed E-state index contributed by atoms with van der Waals surface area (Å²) in [6.45, 7) is 2.06. The number of aromatic amines is 1. The maximum Gasteiger partial charge on any atom is 0.335 e. The Balaban J connectivity index is 2.34. The van der Waals surface area contributed by atoms with Crippen molar-refractivity contribution in [3.63, 3.8) is 0 Å². The molecule has 0 aliphatic rings. The van der Waals surface area contributed by atoms with Crippen LogP contribution in [0.3, 0.4) is 0 Å². The minimum atomic E-state index is -1.05. The van der Waals surface area contributed by atoms with Crippen molar-refractivity contribution in [1.82, 2.24) is 14.9 Å². The molecule has 0 aliphatic heterocycles. The standard InChI is InChI=1S/C12H13N3O4/c1-7(16)13-4-5-15-10-3-2-8(11(17)18)6-9(10)14-12(15)19/h2-3,6H,4-5H2,1H3,(H,13,16)(H,14,19)(H,17,18). The molecular weight excluding hydrogens is 250 g/mol. The zero-order valence-corrected chi connectivity index (χ0v) is 10.3. The Morgan fingerprint density at radius 1 is 1.42 bits per heavy atom. The number of hydrogen-bond donors (Lipinski definition) is 3. The Kier molecular flexibility index (Phi) is 3.37. The number of carbonyl (C=O) groups excluding carboxylic acids is 1. The highest BCUT2D eigenvalue weighted by Crippen LogP contribution is 2.12. The molecule has 1 amide bonds. The lowest BCUT2D eigenvalue weighted by Gasteiger charge is -2.04. The van der Waals surface area contributed by atoms with Crippen molar-refractivity contribution in [2.75, 3.05) is 6.54 Å². The third-order valence-corrected chi connectivity index (χ3v) is 2.73. The van der Waals surface area contributed by atoms with E-state index in [1.165, 1.54) is 23.6 Å². The molecule has 2 rings (SSSR count). The molecule has 0 spiro atoms. The van der Waals surface area contributed by atoms with Crippen molar-refractivity contribution in [1.29, 1.82) is 0 Å². The number of aromatic carboxylic acids is 1. The number of amides is 1. The lowest BCUT2D eigenvalue weighted by atomic mass is 10.2. The summed E-state index contributed by atoms with van der Waals surface area (Å²) in [5, 5.41) is 11.5. The number of hydrogen-bond acceptors (Lipinski definition) is 3. The van der Waals surface area contributed by atoms with Crippen molar-refractivity contribution in [3.8, 4) is 0 Å². The van der Waals surface area contributed by atoms with Crippen LogP contribution in [0.15, 0.2) is 23.0 Å². The lowest BCUT2D eigenvalue weighted by Crippen LogP contribution is -2.28. The van der Waals surface area contributed by atoms with Gasteiger partial charge in [-0.25, -0.2) is 9.59 Å². The SMILES string of the molecule is CC(=O)NCCn1c(=O)[nH]c2cc(C(=O)O)ccc21. The highest BCUT2D eigenvalue weighted by molar-refractivity contribution is 5.92. The van der Waals surface area contributed by atoms with Gasteiger partial charge in [0.25, 0.3) is 0 Å². The summed E-state index contributed by atoms with van der Waals surface area (Å²) in [7, 11) is 0. The minimum Gasteiger partial charge on any atom is -0.478 e. The average molecular weight is 263 g/mol. The Hall–Kier alpha value is -2.57. The van der Waals surface area contributed by atoms with Gasteiger partial charge in [-0.15, -0.1) is 0 Å². The Morgan fingerprint density at radius 2 is 2.16 bits per heavy atom. The van der Waals surface area contributed by atoms with Crippen molar-refractivity contribution < 1.29 is 14.7 Å². The molecule has 1 heterocycles. The van der Waals surface area contributed by atoms with Gasteiger partial charge < -0.3 is 15.4 Å². The Bertz CT molecular complexity index is 699. The summed E-state index contributed by atoms with van der Waals surface area (Å²) in [5.41, 5.74) is 0.860. The third-order valence-electron chi connectivity index (χ3n) is 2.73. The van der Waals surface area contributed by atoms with Crippen LogP contribution in [-0.4, -0.2) is 33.1 Å². The van der Waals surface area contributed by atoms with E-state index in [0.29, 0.717) is 24.1 Å². The van der Waals surface area contributed by atoms with Gasteiger partial charge in [0.15, 0.2) is 0 Å². The van der Waals surface area contributed by atoms with Crippen LogP contribution in [0, 0.1) is 0 Å². The van der Waals surface area contributed by atoms with Gasteiger partial charge in [0.1, 0.15) is 0 Å². The average Bonchev–Trinajstić information content (AvgIpc) is 2.64. The molecule has 0 atom stereocenters. The summed E-state index contributed by atoms with van der Waals surface area (Å²) < 4.78 is 1.46. The van der Waals surface area contributed by atoms with E-state index in [-0.39, 0.29) is 17.2 Å². The van der Waals surface area contributed by atoms with E-state index < -0.39 is 5.97 Å². The zero-order valence-electron chi connectivity index (χ0n) is 10.3. The molecule has 1 aromatic carbocycles. The van der Waals surface area contributed by atoms with Crippen LogP contribution < -0.4 is 11.0 Å². The summed E-state index contributed by atoms with van der Waals surface area (Å²) in [6.07, 6.45) is 0. The fourth-order valence-electron chi connectivity index (χ4n) is 1.86. The van der Waals surface area contributed by atoms with Crippen molar-refractivity contribution >= 4 is 22.9 Å². The van der Waals surface area contributed by atoms with Gasteiger partial charge in [-0.1, -0.05) is 0 Å². The normalized spacial score (nSPS) is 10.6. The first-order chi connectivity index (χ1) is 8.99. The van der Waals surface area contributed by atoms with Crippen LogP contribution in [0.4, 0.5) is 0 Å². The van der Waals surface area contributed by atoms with Crippen LogP contribution in [0.2, 0.25) is 0 Å². The molecule has 0 bridgehead atoms. The number of carboxylic acids is 1. The second-order valence-corrected chi connectivity index (χ2v) is 4.10. The van der Waals surface area contributed by atoms with E-state index in [0.717, 1.165) is 0 Å². The molecular formula is C12H13N3O4. The highest BCUT2D eigenvalue weighted by Gasteiger charge is 2.09. The molecule has 19 heavy (non-hydrogen) atoms. The van der Waals surface area contributed by atoms with E-state index in [9.17, 15) is 14.4 Å². The molecule has 7 nitrogen and oxygen atoms in total. The molecule has 0 unspecified atom stereocenters. The van der Waals surface area contributed by atoms with Crippen LogP contribution in [-0.2, 0) is 11.3 Å². The Morgan fingerprint density at radius 3 is 2.79 bits per heavy atom. The first kappa shape index (κ1) is 12.9. The fourth-order valence-corrected chi connectivity index (χ4v) is 1.86. The van der Waals surface area contributed by atoms with Gasteiger partial charge in [0, 0.05) is 20.0 Å². The molecule has 0 radical (unpaired) electrons. The number of carboxylic acid groups (broad SMARTS) is 1. The number of nitrogens with zero attached hydrogens (tertiary/aromatic N) is 1. The summed E-state index contributed by atoms with van der Waals surface area (Å²) >= 11 is 0. The molecule has 0 saturated heterocycles. The van der Waals surface area contributed by atoms with Gasteiger partial charge in [-0.05, 0) is 18.2 Å². The number of nitrogens with one attached hydrogen (secondary N) is 2. The number of aromatic nitrogens is 2. The molecule has 1 aromatic heterocycles. The zero-order chi connectivity index (χ0) is 14.0. The molecule has 0 saturated carbocycles. The van der Waals surface area contributed by atoms with Crippen molar-refractivity contribution in [2.45, 2.75) is 13.5 Å². The monoisotopic (exact) mass is 263 g/mol. The van der Waals surface area contributed by atoms with E-state index in [4.69, 9.17) is 5.11 Å². The second kappa shape index (κ2) is 4.97. The molecule has 100 valence electrons. The number of benzene rings is 1. The minimum absolute atomic E-state index is 0.114. The lowest BCUT2D eigenvalue weighted by molar-refractivity contribution is -0.118. The van der Waals surface area contributed by atoms with E-state index >= 15 is 0 Å². The van der Waals surface area contributed by atoms with Gasteiger partial charge in [0.05, 0.1) is 16.6 Å². The van der Waals surface area contributed by atoms with E-state index in [2.05, 4.69) is 10.3 Å². The summed E-state index contributed by atoms with van der Waals surface area (Å²) in [6, 6.07) is 4.42. The molecule has 3 N–H and O–H groups in total. The number of rotatable bonds is 4. The molecule has 0 fully saturated rings. The second-order valence-electron chi connectivity index (χ2n) is 4.10. The number of H-pyrrole nitrogens is 1. The van der Waals surface area contributed by atoms with Crippen LogP contribution in [0.5, 0.6) is 0 Å².